The summed E-state index contributed by atoms with van der Waals surface area (Å²) in [6, 6.07) is 13.3. The Kier molecular flexibility index (Phi) is 6.16. The van der Waals surface area contributed by atoms with Crippen molar-refractivity contribution in [1.82, 2.24) is 0 Å². The first-order valence-corrected chi connectivity index (χ1v) is 9.36. The van der Waals surface area contributed by atoms with Crippen LogP contribution in [0.5, 0.6) is 5.75 Å². The van der Waals surface area contributed by atoms with E-state index in [0.29, 0.717) is 24.7 Å². The zero-order valence-corrected chi connectivity index (χ0v) is 16.5. The molecule has 0 unspecified atom stereocenters. The largest absolute Gasteiger partial charge is 0.489 e. The molecule has 1 heterocycles. The van der Waals surface area contributed by atoms with Crippen molar-refractivity contribution >= 4 is 39.5 Å². The number of rotatable bonds is 7. The first kappa shape index (κ1) is 18.7. The van der Waals surface area contributed by atoms with Crippen molar-refractivity contribution in [1.29, 1.82) is 0 Å². The van der Waals surface area contributed by atoms with Crippen molar-refractivity contribution in [2.75, 3.05) is 6.61 Å². The molecule has 5 nitrogen and oxygen atoms in total. The Bertz CT molecular complexity index is 916. The van der Waals surface area contributed by atoms with Crippen LogP contribution >= 0.6 is 22.6 Å². The minimum absolute atomic E-state index is 0.127. The second-order valence-corrected chi connectivity index (χ2v) is 6.91. The Morgan fingerprint density at radius 1 is 1.23 bits per heavy atom. The quantitative estimate of drug-likeness (QED) is 0.418. The first-order chi connectivity index (χ1) is 12.6. The van der Waals surface area contributed by atoms with Gasteiger partial charge in [-0.3, -0.25) is 4.79 Å². The predicted molar refractivity (Wildman–Crippen MR) is 106 cm³/mol. The molecule has 1 aromatic heterocycles. The third-order valence-electron chi connectivity index (χ3n) is 3.84. The van der Waals surface area contributed by atoms with Crippen molar-refractivity contribution in [3.63, 3.8) is 0 Å². The molecular weight excluding hydrogens is 447 g/mol. The van der Waals surface area contributed by atoms with Crippen LogP contribution in [0.4, 0.5) is 0 Å². The van der Waals surface area contributed by atoms with Gasteiger partial charge >= 0.3 is 5.97 Å². The third-order valence-corrected chi connectivity index (χ3v) is 4.65. The minimum Gasteiger partial charge on any atom is -0.489 e. The van der Waals surface area contributed by atoms with Gasteiger partial charge in [-0.25, -0.2) is 0 Å². The van der Waals surface area contributed by atoms with Gasteiger partial charge in [0.2, 0.25) is 0 Å². The number of hydrogen-bond donors (Lipinski definition) is 1. The molecule has 0 atom stereocenters. The fourth-order valence-corrected chi connectivity index (χ4v) is 3.52. The van der Waals surface area contributed by atoms with Crippen LogP contribution in [-0.4, -0.2) is 17.7 Å². The Morgan fingerprint density at radius 3 is 2.81 bits per heavy atom. The fraction of sp³-hybridized carbons (Fsp3) is 0.250. The summed E-state index contributed by atoms with van der Waals surface area (Å²) in [6.45, 7) is 2.39. The number of halogens is 1. The van der Waals surface area contributed by atoms with E-state index in [1.165, 1.54) is 0 Å². The molecule has 3 aromatic rings. The maximum atomic E-state index is 11.8. The lowest BCUT2D eigenvalue weighted by molar-refractivity contribution is -0.142. The van der Waals surface area contributed by atoms with Crippen LogP contribution < -0.4 is 4.74 Å². The maximum absolute atomic E-state index is 11.8. The molecule has 0 radical (unpaired) electrons. The van der Waals surface area contributed by atoms with E-state index in [9.17, 15) is 9.90 Å². The molecule has 0 aliphatic rings. The molecule has 0 aliphatic carbocycles. The smallest absolute Gasteiger partial charge is 0.310 e. The number of ether oxygens (including phenoxy) is 2. The van der Waals surface area contributed by atoms with Crippen LogP contribution in [0.1, 0.15) is 23.8 Å². The van der Waals surface area contributed by atoms with Gasteiger partial charge in [-0.15, -0.1) is 0 Å². The number of hydrogen-bond acceptors (Lipinski definition) is 5. The van der Waals surface area contributed by atoms with Crippen LogP contribution in [0.15, 0.2) is 46.9 Å². The summed E-state index contributed by atoms with van der Waals surface area (Å²) in [5, 5.41) is 10.2. The fourth-order valence-electron chi connectivity index (χ4n) is 2.70. The summed E-state index contributed by atoms with van der Waals surface area (Å²) in [4.78, 5) is 11.8. The molecule has 136 valence electrons. The molecule has 0 saturated heterocycles. The molecule has 0 fully saturated rings. The van der Waals surface area contributed by atoms with Crippen LogP contribution in [0, 0.1) is 3.57 Å². The monoisotopic (exact) mass is 466 g/mol. The van der Waals surface area contributed by atoms with E-state index >= 15 is 0 Å². The van der Waals surface area contributed by atoms with Gasteiger partial charge in [0.1, 0.15) is 30.3 Å². The Hall–Kier alpha value is -2.06. The first-order valence-electron chi connectivity index (χ1n) is 8.28. The van der Waals surface area contributed by atoms with E-state index < -0.39 is 0 Å². The SMILES string of the molecule is CCOC(=O)Cc1ccccc1OCc1cc(I)c2oc(CO)cc2c1. The lowest BCUT2D eigenvalue weighted by atomic mass is 10.1. The van der Waals surface area contributed by atoms with Crippen molar-refractivity contribution in [3.8, 4) is 5.75 Å². The number of carbonyl (C=O) groups is 1. The topological polar surface area (TPSA) is 68.9 Å². The second kappa shape index (κ2) is 8.55. The number of furan rings is 1. The van der Waals surface area contributed by atoms with E-state index in [2.05, 4.69) is 22.6 Å². The molecule has 0 amide bonds. The van der Waals surface area contributed by atoms with E-state index in [1.807, 2.05) is 42.5 Å². The maximum Gasteiger partial charge on any atom is 0.310 e. The molecule has 3 rings (SSSR count). The van der Waals surface area contributed by atoms with Crippen LogP contribution in [0.25, 0.3) is 11.0 Å². The van der Waals surface area contributed by atoms with Gasteiger partial charge in [0, 0.05) is 10.9 Å². The second-order valence-electron chi connectivity index (χ2n) is 5.75. The molecule has 0 spiro atoms. The molecule has 0 saturated carbocycles. The number of carbonyl (C=O) groups excluding carboxylic acids is 1. The highest BCUT2D eigenvalue weighted by Gasteiger charge is 2.12. The minimum atomic E-state index is -0.269. The summed E-state index contributed by atoms with van der Waals surface area (Å²) >= 11 is 2.21. The van der Waals surface area contributed by atoms with Gasteiger partial charge in [-0.2, -0.15) is 0 Å². The van der Waals surface area contributed by atoms with Crippen molar-refractivity contribution < 1.29 is 23.8 Å². The molecular formula is C20H19IO5. The summed E-state index contributed by atoms with van der Waals surface area (Å²) in [7, 11) is 0. The van der Waals surface area contributed by atoms with Crippen LogP contribution in [-0.2, 0) is 29.2 Å². The van der Waals surface area contributed by atoms with Crippen LogP contribution in [0.2, 0.25) is 0 Å². The predicted octanol–water partition coefficient (Wildman–Crippen LogP) is 4.21. The van der Waals surface area contributed by atoms with Gasteiger partial charge in [0.25, 0.3) is 0 Å². The highest BCUT2D eigenvalue weighted by atomic mass is 127. The van der Waals surface area contributed by atoms with E-state index in [1.54, 1.807) is 6.92 Å². The van der Waals surface area contributed by atoms with E-state index in [0.717, 1.165) is 25.7 Å². The van der Waals surface area contributed by atoms with Crippen molar-refractivity contribution in [2.45, 2.75) is 26.6 Å². The Labute approximate surface area is 165 Å². The summed E-state index contributed by atoms with van der Waals surface area (Å²) in [6.07, 6.45) is 0.183. The number of benzene rings is 2. The highest BCUT2D eigenvalue weighted by Crippen LogP contribution is 2.27. The number of esters is 1. The van der Waals surface area contributed by atoms with Gasteiger partial charge in [-0.1, -0.05) is 18.2 Å². The molecule has 0 aliphatic heterocycles. The highest BCUT2D eigenvalue weighted by molar-refractivity contribution is 14.1. The normalized spacial score (nSPS) is 10.9. The lowest BCUT2D eigenvalue weighted by Crippen LogP contribution is -2.09. The third kappa shape index (κ3) is 4.37. The number of aliphatic hydroxyl groups is 1. The standard InChI is InChI=1S/C20H19IO5/c1-2-24-19(23)10-14-5-3-4-6-18(14)25-12-13-7-15-9-16(11-22)26-20(15)17(21)8-13/h3-9,22H,2,10-12H2,1H3. The van der Waals surface area contributed by atoms with Gasteiger partial charge in [0.05, 0.1) is 16.6 Å². The average molecular weight is 466 g/mol. The number of fused-ring (bicyclic) bond motifs is 1. The lowest BCUT2D eigenvalue weighted by Gasteiger charge is -2.11. The zero-order valence-electron chi connectivity index (χ0n) is 14.3. The summed E-state index contributed by atoms with van der Waals surface area (Å²) in [5.41, 5.74) is 2.55. The molecule has 1 N–H and O–H groups in total. The number of para-hydroxylation sites is 1. The zero-order chi connectivity index (χ0) is 18.5. The molecule has 6 heteroatoms. The summed E-state index contributed by atoms with van der Waals surface area (Å²) < 4.78 is 17.5. The van der Waals surface area contributed by atoms with E-state index in [4.69, 9.17) is 13.9 Å². The van der Waals surface area contributed by atoms with Gasteiger partial charge in [-0.05, 0) is 59.3 Å². The molecule has 0 bridgehead atoms. The average Bonchev–Trinajstić information content (AvgIpc) is 3.05. The summed E-state index contributed by atoms with van der Waals surface area (Å²) in [5.74, 6) is 0.934. The van der Waals surface area contributed by atoms with Crippen molar-refractivity contribution in [2.24, 2.45) is 0 Å². The van der Waals surface area contributed by atoms with Gasteiger partial charge < -0.3 is 19.0 Å². The number of aliphatic hydroxyl groups excluding tert-OH is 1. The molecule has 2 aromatic carbocycles. The van der Waals surface area contributed by atoms with Crippen molar-refractivity contribution in [3.05, 3.63) is 62.9 Å². The van der Waals surface area contributed by atoms with Crippen LogP contribution in [0.3, 0.4) is 0 Å². The molecule has 26 heavy (non-hydrogen) atoms. The Morgan fingerprint density at radius 2 is 2.04 bits per heavy atom. The Balaban J connectivity index is 1.77. The van der Waals surface area contributed by atoms with Gasteiger partial charge in [0.15, 0.2) is 0 Å². The van der Waals surface area contributed by atoms with E-state index in [-0.39, 0.29) is 19.0 Å².